The third-order valence-corrected chi connectivity index (χ3v) is 4.12. The van der Waals surface area contributed by atoms with Crippen molar-refractivity contribution in [2.75, 3.05) is 5.32 Å². The molecular formula is C15H20BNO5. The van der Waals surface area contributed by atoms with Crippen LogP contribution in [0, 0.1) is 0 Å². The molecule has 2 N–H and O–H groups in total. The minimum Gasteiger partial charge on any atom is -0.478 e. The molecule has 0 aliphatic carbocycles. The fourth-order valence-corrected chi connectivity index (χ4v) is 2.16. The molecule has 6 nitrogen and oxygen atoms in total. The normalized spacial score (nSPS) is 19.0. The molecule has 118 valence electrons. The van der Waals surface area contributed by atoms with Crippen LogP contribution >= 0.6 is 0 Å². The molecule has 1 aliphatic rings. The number of carboxylic acids is 1. The van der Waals surface area contributed by atoms with Crippen molar-refractivity contribution in [1.82, 2.24) is 0 Å². The maximum Gasteiger partial charge on any atom is 0.496 e. The molecule has 0 bridgehead atoms. The van der Waals surface area contributed by atoms with Crippen LogP contribution in [0.1, 0.15) is 45.0 Å². The zero-order valence-electron chi connectivity index (χ0n) is 13.4. The lowest BCUT2D eigenvalue weighted by atomic mass is 9.77. The van der Waals surface area contributed by atoms with Crippen molar-refractivity contribution in [1.29, 1.82) is 0 Å². The van der Waals surface area contributed by atoms with Gasteiger partial charge in [0.2, 0.25) is 5.91 Å². The monoisotopic (exact) mass is 305 g/mol. The number of carbonyl (C=O) groups is 2. The summed E-state index contributed by atoms with van der Waals surface area (Å²) in [6, 6.07) is 4.48. The standard InChI is InChI=1S/C15H20BNO5/c1-9(18)17-12-8-10(13(19)20)6-7-11(12)16-21-14(2,3)15(4,5)22-16/h6-8H,1-5H3,(H,17,18)(H,19,20). The number of aromatic carboxylic acids is 1. The lowest BCUT2D eigenvalue weighted by molar-refractivity contribution is -0.114. The van der Waals surface area contributed by atoms with Gasteiger partial charge in [0, 0.05) is 18.1 Å². The molecule has 2 rings (SSSR count). The summed E-state index contributed by atoms with van der Waals surface area (Å²) in [6.45, 7) is 9.07. The third-order valence-electron chi connectivity index (χ3n) is 4.12. The van der Waals surface area contributed by atoms with E-state index >= 15 is 0 Å². The highest BCUT2D eigenvalue weighted by Gasteiger charge is 2.52. The third kappa shape index (κ3) is 3.00. The van der Waals surface area contributed by atoms with Gasteiger partial charge in [0.1, 0.15) is 0 Å². The van der Waals surface area contributed by atoms with Gasteiger partial charge in [-0.3, -0.25) is 4.79 Å². The molecule has 1 aliphatic heterocycles. The van der Waals surface area contributed by atoms with E-state index in [1.54, 1.807) is 6.07 Å². The van der Waals surface area contributed by atoms with E-state index in [1.165, 1.54) is 19.1 Å². The maximum atomic E-state index is 11.4. The molecule has 1 aromatic rings. The fraction of sp³-hybridized carbons (Fsp3) is 0.467. The highest BCUT2D eigenvalue weighted by Crippen LogP contribution is 2.37. The molecule has 7 heteroatoms. The molecule has 1 fully saturated rings. The summed E-state index contributed by atoms with van der Waals surface area (Å²) in [5.41, 5.74) is 0.0292. The Morgan fingerprint density at radius 3 is 2.14 bits per heavy atom. The molecule has 1 amide bonds. The lowest BCUT2D eigenvalue weighted by Gasteiger charge is -2.32. The Balaban J connectivity index is 2.43. The molecule has 1 heterocycles. The van der Waals surface area contributed by atoms with Crippen LogP contribution in [0.25, 0.3) is 0 Å². The summed E-state index contributed by atoms with van der Waals surface area (Å²) in [5, 5.41) is 11.7. The van der Waals surface area contributed by atoms with E-state index < -0.39 is 24.3 Å². The molecule has 22 heavy (non-hydrogen) atoms. The van der Waals surface area contributed by atoms with Crippen LogP contribution in [0.15, 0.2) is 18.2 Å². The van der Waals surface area contributed by atoms with E-state index in [9.17, 15) is 9.59 Å². The fourth-order valence-electron chi connectivity index (χ4n) is 2.16. The predicted molar refractivity (Wildman–Crippen MR) is 83.4 cm³/mol. The summed E-state index contributed by atoms with van der Waals surface area (Å²) in [5.74, 6) is -1.35. The second-order valence-corrected chi connectivity index (χ2v) is 6.38. The number of nitrogens with one attached hydrogen (secondary N) is 1. The average Bonchev–Trinajstić information content (AvgIpc) is 2.57. The molecule has 0 radical (unpaired) electrons. The number of amides is 1. The Bertz CT molecular complexity index is 610. The summed E-state index contributed by atoms with van der Waals surface area (Å²) < 4.78 is 11.9. The number of hydrogen-bond donors (Lipinski definition) is 2. The number of hydrogen-bond acceptors (Lipinski definition) is 4. The van der Waals surface area contributed by atoms with E-state index in [4.69, 9.17) is 14.4 Å². The summed E-state index contributed by atoms with van der Waals surface area (Å²) in [6.07, 6.45) is 0. The minimum absolute atomic E-state index is 0.0871. The van der Waals surface area contributed by atoms with Crippen molar-refractivity contribution in [3.05, 3.63) is 23.8 Å². The molecule has 0 unspecified atom stereocenters. The molecule has 1 aromatic carbocycles. The number of anilines is 1. The zero-order valence-corrected chi connectivity index (χ0v) is 13.4. The van der Waals surface area contributed by atoms with Gasteiger partial charge >= 0.3 is 13.1 Å². The van der Waals surface area contributed by atoms with E-state index in [2.05, 4.69) is 5.32 Å². The van der Waals surface area contributed by atoms with E-state index in [0.717, 1.165) is 0 Å². The van der Waals surface area contributed by atoms with Gasteiger partial charge in [-0.15, -0.1) is 0 Å². The Morgan fingerprint density at radius 2 is 1.68 bits per heavy atom. The van der Waals surface area contributed by atoms with Crippen molar-refractivity contribution < 1.29 is 24.0 Å². The first-order valence-electron chi connectivity index (χ1n) is 7.04. The van der Waals surface area contributed by atoms with Gasteiger partial charge < -0.3 is 19.7 Å². The van der Waals surface area contributed by atoms with E-state index in [-0.39, 0.29) is 11.5 Å². The van der Waals surface area contributed by atoms with Crippen LogP contribution in [0.3, 0.4) is 0 Å². The Hall–Kier alpha value is -1.86. The van der Waals surface area contributed by atoms with Gasteiger partial charge in [-0.25, -0.2) is 4.79 Å². The number of benzene rings is 1. The van der Waals surface area contributed by atoms with Crippen molar-refractivity contribution >= 4 is 30.1 Å². The largest absolute Gasteiger partial charge is 0.496 e. The van der Waals surface area contributed by atoms with Crippen LogP contribution in [0.5, 0.6) is 0 Å². The highest BCUT2D eigenvalue weighted by molar-refractivity contribution is 6.64. The van der Waals surface area contributed by atoms with Crippen molar-refractivity contribution in [2.24, 2.45) is 0 Å². The number of rotatable bonds is 3. The Labute approximate surface area is 129 Å². The second kappa shape index (κ2) is 5.41. The van der Waals surface area contributed by atoms with Crippen LogP contribution in [0.2, 0.25) is 0 Å². The highest BCUT2D eigenvalue weighted by atomic mass is 16.7. The number of carboxylic acid groups (broad SMARTS) is 1. The van der Waals surface area contributed by atoms with Gasteiger partial charge in [-0.2, -0.15) is 0 Å². The maximum absolute atomic E-state index is 11.4. The van der Waals surface area contributed by atoms with Gasteiger partial charge in [-0.05, 0) is 39.8 Å². The smallest absolute Gasteiger partial charge is 0.478 e. The van der Waals surface area contributed by atoms with Crippen LogP contribution in [-0.2, 0) is 14.1 Å². The summed E-state index contributed by atoms with van der Waals surface area (Å²) in [4.78, 5) is 22.5. The van der Waals surface area contributed by atoms with Crippen molar-refractivity contribution in [2.45, 2.75) is 45.8 Å². The molecule has 0 spiro atoms. The summed E-state index contributed by atoms with van der Waals surface area (Å²) in [7, 11) is -0.672. The van der Waals surface area contributed by atoms with Crippen LogP contribution in [0.4, 0.5) is 5.69 Å². The molecule has 1 saturated heterocycles. The predicted octanol–water partition coefficient (Wildman–Crippen LogP) is 1.64. The summed E-state index contributed by atoms with van der Waals surface area (Å²) >= 11 is 0. The lowest BCUT2D eigenvalue weighted by Crippen LogP contribution is -2.41. The van der Waals surface area contributed by atoms with Crippen LogP contribution < -0.4 is 10.8 Å². The van der Waals surface area contributed by atoms with Crippen LogP contribution in [-0.4, -0.2) is 35.3 Å². The molecule has 0 aromatic heterocycles. The van der Waals surface area contributed by atoms with Crippen molar-refractivity contribution in [3.63, 3.8) is 0 Å². The van der Waals surface area contributed by atoms with Gasteiger partial charge in [-0.1, -0.05) is 6.07 Å². The molecule has 0 saturated carbocycles. The van der Waals surface area contributed by atoms with E-state index in [0.29, 0.717) is 11.2 Å². The van der Waals surface area contributed by atoms with Crippen molar-refractivity contribution in [3.8, 4) is 0 Å². The first-order chi connectivity index (χ1) is 10.0. The SMILES string of the molecule is CC(=O)Nc1cc(C(=O)O)ccc1B1OC(C)(C)C(C)(C)O1. The Kier molecular flexibility index (Phi) is 4.06. The van der Waals surface area contributed by atoms with Gasteiger partial charge in [0.05, 0.1) is 16.8 Å². The second-order valence-electron chi connectivity index (χ2n) is 6.38. The Morgan fingerprint density at radius 1 is 1.14 bits per heavy atom. The number of carbonyl (C=O) groups excluding carboxylic acids is 1. The minimum atomic E-state index is -1.06. The quantitative estimate of drug-likeness (QED) is 0.829. The van der Waals surface area contributed by atoms with Gasteiger partial charge in [0.25, 0.3) is 0 Å². The zero-order chi connectivity index (χ0) is 16.7. The first kappa shape index (κ1) is 16.5. The first-order valence-corrected chi connectivity index (χ1v) is 7.04. The molecular weight excluding hydrogens is 285 g/mol. The molecule has 0 atom stereocenters. The average molecular weight is 305 g/mol. The van der Waals surface area contributed by atoms with Gasteiger partial charge in [0.15, 0.2) is 0 Å². The van der Waals surface area contributed by atoms with E-state index in [1.807, 2.05) is 27.7 Å². The topological polar surface area (TPSA) is 84.9 Å².